The molecule has 8 heteroatoms. The number of amides is 2. The molecule has 0 aromatic heterocycles. The second-order valence-corrected chi connectivity index (χ2v) is 7.01. The van der Waals surface area contributed by atoms with Crippen molar-refractivity contribution >= 4 is 29.1 Å². The van der Waals surface area contributed by atoms with E-state index < -0.39 is 35.6 Å². The summed E-state index contributed by atoms with van der Waals surface area (Å²) in [4.78, 5) is 24.4. The molecular formula is C20H19ClF2N2O3. The molecule has 0 fully saturated rings. The van der Waals surface area contributed by atoms with E-state index in [2.05, 4.69) is 10.6 Å². The van der Waals surface area contributed by atoms with E-state index in [1.807, 2.05) is 6.92 Å². The zero-order chi connectivity index (χ0) is 20.4. The summed E-state index contributed by atoms with van der Waals surface area (Å²) in [5.74, 6) is -2.24. The van der Waals surface area contributed by atoms with E-state index in [-0.39, 0.29) is 33.8 Å². The van der Waals surface area contributed by atoms with Crippen LogP contribution < -0.4 is 10.6 Å². The highest BCUT2D eigenvalue weighted by molar-refractivity contribution is 6.31. The number of halogens is 3. The number of rotatable bonds is 6. The summed E-state index contributed by atoms with van der Waals surface area (Å²) in [6.45, 7) is 1.87. The highest BCUT2D eigenvalue weighted by Gasteiger charge is 2.30. The number of nitrogens with one attached hydrogen (secondary N) is 2. The van der Waals surface area contributed by atoms with E-state index in [1.165, 1.54) is 24.3 Å². The molecule has 2 amide bonds. The lowest BCUT2D eigenvalue weighted by molar-refractivity contribution is -0.115. The maximum atomic E-state index is 13.9. The number of anilines is 1. The van der Waals surface area contributed by atoms with Crippen LogP contribution in [0.25, 0.3) is 0 Å². The van der Waals surface area contributed by atoms with Crippen LogP contribution in [0.1, 0.15) is 47.4 Å². The fourth-order valence-electron chi connectivity index (χ4n) is 3.33. The lowest BCUT2D eigenvalue weighted by atomic mass is 9.97. The Hall–Kier alpha value is -2.51. The SMILES string of the molecule is CCC[C@@H](NC(=O)c1ccc(F)c2c1CC(=O)N2)[C@H](O)c1cccc(F)c1Cl. The van der Waals surface area contributed by atoms with Crippen molar-refractivity contribution in [1.82, 2.24) is 5.32 Å². The van der Waals surface area contributed by atoms with Crippen molar-refractivity contribution in [3.63, 3.8) is 0 Å². The van der Waals surface area contributed by atoms with Gasteiger partial charge in [-0.3, -0.25) is 9.59 Å². The van der Waals surface area contributed by atoms with Gasteiger partial charge in [0.1, 0.15) is 17.7 Å². The normalized spacial score (nSPS) is 15.0. The fraction of sp³-hybridized carbons (Fsp3) is 0.300. The first-order valence-electron chi connectivity index (χ1n) is 8.87. The first-order valence-corrected chi connectivity index (χ1v) is 9.25. The van der Waals surface area contributed by atoms with Crippen LogP contribution >= 0.6 is 11.6 Å². The Morgan fingerprint density at radius 1 is 1.29 bits per heavy atom. The number of carbonyl (C=O) groups is 2. The van der Waals surface area contributed by atoms with Crippen molar-refractivity contribution in [2.75, 3.05) is 5.32 Å². The Bertz CT molecular complexity index is 936. The highest BCUT2D eigenvalue weighted by atomic mass is 35.5. The molecule has 0 bridgehead atoms. The van der Waals surface area contributed by atoms with Crippen LogP contribution in [0.2, 0.25) is 5.02 Å². The van der Waals surface area contributed by atoms with Gasteiger partial charge in [0.05, 0.1) is 23.2 Å². The van der Waals surface area contributed by atoms with Crippen molar-refractivity contribution < 1.29 is 23.5 Å². The standard InChI is InChI=1S/C20H19ClF2N2O3/c1-2-4-15(19(27)11-5-3-6-13(22)17(11)21)24-20(28)10-7-8-14(23)18-12(10)9-16(26)25-18/h3,5-8,15,19,27H,2,4,9H2,1H3,(H,24,28)(H,25,26)/t15-,19-/m1/s1. The summed E-state index contributed by atoms with van der Waals surface area (Å²) in [6.07, 6.45) is -0.302. The van der Waals surface area contributed by atoms with E-state index in [4.69, 9.17) is 11.6 Å². The Morgan fingerprint density at radius 3 is 2.75 bits per heavy atom. The van der Waals surface area contributed by atoms with Crippen molar-refractivity contribution in [2.24, 2.45) is 0 Å². The van der Waals surface area contributed by atoms with Gasteiger partial charge in [0.15, 0.2) is 0 Å². The molecule has 2 atom stereocenters. The van der Waals surface area contributed by atoms with E-state index >= 15 is 0 Å². The molecule has 148 valence electrons. The zero-order valence-corrected chi connectivity index (χ0v) is 15.8. The number of carbonyl (C=O) groups excluding carboxylic acids is 2. The van der Waals surface area contributed by atoms with Crippen LogP contribution in [0, 0.1) is 11.6 Å². The maximum absolute atomic E-state index is 13.9. The Labute approximate surface area is 165 Å². The minimum atomic E-state index is -1.24. The van der Waals surface area contributed by atoms with Crippen LogP contribution in [-0.2, 0) is 11.2 Å². The monoisotopic (exact) mass is 408 g/mol. The van der Waals surface area contributed by atoms with Crippen LogP contribution in [-0.4, -0.2) is 23.0 Å². The molecule has 2 aromatic carbocycles. The highest BCUT2D eigenvalue weighted by Crippen LogP contribution is 2.31. The third-order valence-electron chi connectivity index (χ3n) is 4.71. The predicted octanol–water partition coefficient (Wildman–Crippen LogP) is 3.74. The third-order valence-corrected chi connectivity index (χ3v) is 5.10. The Kier molecular flexibility index (Phi) is 5.96. The third kappa shape index (κ3) is 3.86. The first kappa shape index (κ1) is 20.2. The Morgan fingerprint density at radius 2 is 2.04 bits per heavy atom. The average Bonchev–Trinajstić information content (AvgIpc) is 3.05. The van der Waals surface area contributed by atoms with Crippen LogP contribution in [0.4, 0.5) is 14.5 Å². The molecule has 2 aromatic rings. The number of hydrogen-bond donors (Lipinski definition) is 3. The Balaban J connectivity index is 1.88. The topological polar surface area (TPSA) is 78.4 Å². The summed E-state index contributed by atoms with van der Waals surface area (Å²) in [6, 6.07) is 5.75. The number of fused-ring (bicyclic) bond motifs is 1. The van der Waals surface area contributed by atoms with Crippen molar-refractivity contribution in [3.8, 4) is 0 Å². The van der Waals surface area contributed by atoms with Gasteiger partial charge in [-0.1, -0.05) is 37.1 Å². The van der Waals surface area contributed by atoms with E-state index in [1.54, 1.807) is 0 Å². The smallest absolute Gasteiger partial charge is 0.251 e. The molecule has 0 radical (unpaired) electrons. The van der Waals surface area contributed by atoms with Gasteiger partial charge in [-0.05, 0) is 24.6 Å². The first-order chi connectivity index (χ1) is 13.3. The number of aliphatic hydroxyl groups is 1. The fourth-order valence-corrected chi connectivity index (χ4v) is 3.56. The lowest BCUT2D eigenvalue weighted by Crippen LogP contribution is -2.39. The van der Waals surface area contributed by atoms with Gasteiger partial charge in [-0.15, -0.1) is 0 Å². The van der Waals surface area contributed by atoms with Gasteiger partial charge >= 0.3 is 0 Å². The summed E-state index contributed by atoms with van der Waals surface area (Å²) < 4.78 is 27.6. The summed E-state index contributed by atoms with van der Waals surface area (Å²) in [5.41, 5.74) is 0.587. The molecule has 3 rings (SSSR count). The van der Waals surface area contributed by atoms with E-state index in [0.717, 1.165) is 6.07 Å². The minimum absolute atomic E-state index is 0.00147. The largest absolute Gasteiger partial charge is 0.386 e. The van der Waals surface area contributed by atoms with E-state index in [0.29, 0.717) is 12.8 Å². The molecule has 28 heavy (non-hydrogen) atoms. The number of benzene rings is 2. The van der Waals surface area contributed by atoms with Gasteiger partial charge in [-0.25, -0.2) is 8.78 Å². The lowest BCUT2D eigenvalue weighted by Gasteiger charge is -2.25. The van der Waals surface area contributed by atoms with Gasteiger partial charge in [0.25, 0.3) is 5.91 Å². The molecule has 1 aliphatic heterocycles. The predicted molar refractivity (Wildman–Crippen MR) is 101 cm³/mol. The van der Waals surface area contributed by atoms with Gasteiger partial charge < -0.3 is 15.7 Å². The molecule has 0 aliphatic carbocycles. The van der Waals surface area contributed by atoms with Crippen molar-refractivity contribution in [1.29, 1.82) is 0 Å². The molecule has 5 nitrogen and oxygen atoms in total. The second kappa shape index (κ2) is 8.24. The number of hydrogen-bond acceptors (Lipinski definition) is 3. The van der Waals surface area contributed by atoms with Crippen molar-refractivity contribution in [3.05, 3.63) is 63.7 Å². The second-order valence-electron chi connectivity index (χ2n) is 6.63. The van der Waals surface area contributed by atoms with Gasteiger partial charge in [-0.2, -0.15) is 0 Å². The molecule has 0 spiro atoms. The van der Waals surface area contributed by atoms with Crippen LogP contribution in [0.5, 0.6) is 0 Å². The van der Waals surface area contributed by atoms with Crippen molar-refractivity contribution in [2.45, 2.75) is 38.3 Å². The maximum Gasteiger partial charge on any atom is 0.251 e. The summed E-state index contributed by atoms with van der Waals surface area (Å²) >= 11 is 5.96. The summed E-state index contributed by atoms with van der Waals surface area (Å²) in [7, 11) is 0. The van der Waals surface area contributed by atoms with Gasteiger partial charge in [0, 0.05) is 16.7 Å². The zero-order valence-electron chi connectivity index (χ0n) is 15.1. The molecule has 0 saturated carbocycles. The minimum Gasteiger partial charge on any atom is -0.386 e. The molecule has 3 N–H and O–H groups in total. The average molecular weight is 409 g/mol. The number of aliphatic hydroxyl groups excluding tert-OH is 1. The molecule has 0 saturated heterocycles. The summed E-state index contributed by atoms with van der Waals surface area (Å²) in [5, 5.41) is 15.6. The molecular weight excluding hydrogens is 390 g/mol. The van der Waals surface area contributed by atoms with Crippen LogP contribution in [0.3, 0.4) is 0 Å². The van der Waals surface area contributed by atoms with E-state index in [9.17, 15) is 23.5 Å². The van der Waals surface area contributed by atoms with Gasteiger partial charge in [0.2, 0.25) is 5.91 Å². The quantitative estimate of drug-likeness (QED) is 0.681. The van der Waals surface area contributed by atoms with Crippen LogP contribution in [0.15, 0.2) is 30.3 Å². The molecule has 0 unspecified atom stereocenters. The molecule has 1 aliphatic rings. The molecule has 1 heterocycles.